The van der Waals surface area contributed by atoms with Gasteiger partial charge in [-0.3, -0.25) is 4.79 Å². The molecule has 21 heavy (non-hydrogen) atoms. The number of hydrogen-bond donors (Lipinski definition) is 1. The van der Waals surface area contributed by atoms with Crippen LogP contribution in [0, 0.1) is 11.6 Å². The molecule has 5 heteroatoms. The van der Waals surface area contributed by atoms with Crippen molar-refractivity contribution >= 4 is 5.91 Å². The molecule has 1 aromatic rings. The number of amides is 1. The Morgan fingerprint density at radius 3 is 2.52 bits per heavy atom. The molecule has 1 amide bonds. The zero-order valence-corrected chi connectivity index (χ0v) is 12.2. The van der Waals surface area contributed by atoms with Crippen LogP contribution in [0.15, 0.2) is 18.2 Å². The molecule has 0 heterocycles. The number of carbonyl (C=O) groups excluding carboxylic acids is 1. The van der Waals surface area contributed by atoms with Gasteiger partial charge in [-0.15, -0.1) is 0 Å². The monoisotopic (exact) mass is 297 g/mol. The molecule has 0 spiro atoms. The largest absolute Gasteiger partial charge is 0.389 e. The minimum absolute atomic E-state index is 0.102. The second-order valence-corrected chi connectivity index (χ2v) is 5.76. The van der Waals surface area contributed by atoms with Crippen LogP contribution in [0.4, 0.5) is 8.78 Å². The topological polar surface area (TPSA) is 40.5 Å². The summed E-state index contributed by atoms with van der Waals surface area (Å²) in [7, 11) is 0. The lowest BCUT2D eigenvalue weighted by Gasteiger charge is -2.27. The van der Waals surface area contributed by atoms with Crippen molar-refractivity contribution in [2.24, 2.45) is 0 Å². The van der Waals surface area contributed by atoms with Gasteiger partial charge in [-0.05, 0) is 37.5 Å². The Bertz CT molecular complexity index is 513. The third kappa shape index (κ3) is 4.00. The molecule has 1 saturated carbocycles. The van der Waals surface area contributed by atoms with Crippen molar-refractivity contribution in [3.8, 4) is 0 Å². The third-order valence-corrected chi connectivity index (χ3v) is 4.11. The number of aliphatic hydroxyl groups is 1. The highest BCUT2D eigenvalue weighted by atomic mass is 19.2. The van der Waals surface area contributed by atoms with Crippen molar-refractivity contribution in [3.05, 3.63) is 35.4 Å². The van der Waals surface area contributed by atoms with Crippen LogP contribution in [0.25, 0.3) is 0 Å². The molecule has 0 bridgehead atoms. The van der Waals surface area contributed by atoms with Gasteiger partial charge in [-0.1, -0.05) is 18.9 Å². The first-order valence-corrected chi connectivity index (χ1v) is 7.37. The summed E-state index contributed by atoms with van der Waals surface area (Å²) in [6, 6.07) is 3.64. The second-order valence-electron chi connectivity index (χ2n) is 5.76. The van der Waals surface area contributed by atoms with E-state index in [9.17, 15) is 18.7 Å². The van der Waals surface area contributed by atoms with Crippen molar-refractivity contribution in [1.29, 1.82) is 0 Å². The lowest BCUT2D eigenvalue weighted by Crippen LogP contribution is -2.37. The van der Waals surface area contributed by atoms with E-state index < -0.39 is 17.2 Å². The summed E-state index contributed by atoms with van der Waals surface area (Å²) in [6.45, 7) is 2.52. The van der Waals surface area contributed by atoms with Gasteiger partial charge in [-0.25, -0.2) is 8.78 Å². The van der Waals surface area contributed by atoms with Gasteiger partial charge in [0.15, 0.2) is 11.6 Å². The molecule has 0 aliphatic heterocycles. The van der Waals surface area contributed by atoms with Gasteiger partial charge in [0.05, 0.1) is 12.0 Å². The lowest BCUT2D eigenvalue weighted by atomic mass is 9.97. The van der Waals surface area contributed by atoms with E-state index >= 15 is 0 Å². The number of rotatable bonds is 5. The van der Waals surface area contributed by atoms with Crippen molar-refractivity contribution in [2.45, 2.75) is 51.2 Å². The summed E-state index contributed by atoms with van der Waals surface area (Å²) in [6.07, 6.45) is 3.30. The van der Waals surface area contributed by atoms with E-state index in [1.54, 1.807) is 4.90 Å². The van der Waals surface area contributed by atoms with Gasteiger partial charge in [0.1, 0.15) is 0 Å². The Hall–Kier alpha value is -1.49. The molecule has 0 unspecified atom stereocenters. The summed E-state index contributed by atoms with van der Waals surface area (Å²) >= 11 is 0. The Balaban J connectivity index is 2.01. The molecular formula is C16H21F2NO2. The Labute approximate surface area is 123 Å². The lowest BCUT2D eigenvalue weighted by molar-refractivity contribution is -0.136. The van der Waals surface area contributed by atoms with E-state index in [1.807, 2.05) is 6.92 Å². The average molecular weight is 297 g/mol. The predicted molar refractivity (Wildman–Crippen MR) is 75.5 cm³/mol. The molecule has 2 rings (SSSR count). The maximum absolute atomic E-state index is 13.2. The number of benzene rings is 1. The molecule has 3 nitrogen and oxygen atoms in total. The van der Waals surface area contributed by atoms with Gasteiger partial charge in [0.25, 0.3) is 0 Å². The second kappa shape index (κ2) is 6.52. The zero-order chi connectivity index (χ0) is 15.5. The molecule has 1 aliphatic rings. The fraction of sp³-hybridized carbons (Fsp3) is 0.562. The third-order valence-electron chi connectivity index (χ3n) is 4.11. The molecule has 116 valence electrons. The SMILES string of the molecule is CCN(Cc1ccc(F)c(F)c1)C(=O)CC1(O)CCCC1. The highest BCUT2D eigenvalue weighted by Crippen LogP contribution is 2.32. The van der Waals surface area contributed by atoms with E-state index in [2.05, 4.69) is 0 Å². The van der Waals surface area contributed by atoms with E-state index in [4.69, 9.17) is 0 Å². The van der Waals surface area contributed by atoms with E-state index in [1.165, 1.54) is 6.07 Å². The maximum atomic E-state index is 13.2. The van der Waals surface area contributed by atoms with Crippen LogP contribution in [0.5, 0.6) is 0 Å². The Morgan fingerprint density at radius 2 is 1.95 bits per heavy atom. The number of hydrogen-bond acceptors (Lipinski definition) is 2. The number of nitrogens with zero attached hydrogens (tertiary/aromatic N) is 1. The summed E-state index contributed by atoms with van der Waals surface area (Å²) in [5.41, 5.74) is -0.346. The molecule has 0 radical (unpaired) electrons. The Morgan fingerprint density at radius 1 is 1.29 bits per heavy atom. The first kappa shape index (κ1) is 15.9. The Kier molecular flexibility index (Phi) is 4.93. The van der Waals surface area contributed by atoms with Crippen LogP contribution in [-0.2, 0) is 11.3 Å². The van der Waals surface area contributed by atoms with Crippen molar-refractivity contribution < 1.29 is 18.7 Å². The number of carbonyl (C=O) groups is 1. The standard InChI is InChI=1S/C16H21F2NO2/c1-2-19(11-12-5-6-13(17)14(18)9-12)15(20)10-16(21)7-3-4-8-16/h5-6,9,21H,2-4,7-8,10-11H2,1H3. The number of halogens is 2. The normalized spacial score (nSPS) is 17.0. The molecular weight excluding hydrogens is 276 g/mol. The van der Waals surface area contributed by atoms with Crippen LogP contribution in [0.2, 0.25) is 0 Å². The van der Waals surface area contributed by atoms with E-state index in [-0.39, 0.29) is 18.9 Å². The van der Waals surface area contributed by atoms with Crippen LogP contribution in [0.3, 0.4) is 0 Å². The fourth-order valence-electron chi connectivity index (χ4n) is 2.84. The molecule has 0 atom stereocenters. The van der Waals surface area contributed by atoms with Gasteiger partial charge in [0, 0.05) is 13.1 Å². The summed E-state index contributed by atoms with van der Waals surface area (Å²) in [4.78, 5) is 13.8. The van der Waals surface area contributed by atoms with Crippen molar-refractivity contribution in [1.82, 2.24) is 4.90 Å². The smallest absolute Gasteiger partial charge is 0.225 e. The first-order chi connectivity index (χ1) is 9.93. The molecule has 1 N–H and O–H groups in total. The summed E-state index contributed by atoms with van der Waals surface area (Å²) in [5.74, 6) is -1.95. The average Bonchev–Trinajstić information content (AvgIpc) is 2.86. The van der Waals surface area contributed by atoms with Gasteiger partial charge < -0.3 is 10.0 Å². The summed E-state index contributed by atoms with van der Waals surface area (Å²) in [5, 5.41) is 10.3. The first-order valence-electron chi connectivity index (χ1n) is 7.37. The van der Waals surface area contributed by atoms with Crippen LogP contribution in [0.1, 0.15) is 44.6 Å². The van der Waals surface area contributed by atoms with Gasteiger partial charge >= 0.3 is 0 Å². The van der Waals surface area contributed by atoms with Gasteiger partial charge in [0.2, 0.25) is 5.91 Å². The minimum Gasteiger partial charge on any atom is -0.389 e. The van der Waals surface area contributed by atoms with Gasteiger partial charge in [-0.2, -0.15) is 0 Å². The summed E-state index contributed by atoms with van der Waals surface area (Å²) < 4.78 is 26.1. The van der Waals surface area contributed by atoms with Crippen LogP contribution >= 0.6 is 0 Å². The van der Waals surface area contributed by atoms with Crippen molar-refractivity contribution in [3.63, 3.8) is 0 Å². The van der Waals surface area contributed by atoms with E-state index in [0.717, 1.165) is 25.0 Å². The molecule has 0 aromatic heterocycles. The quantitative estimate of drug-likeness (QED) is 0.907. The zero-order valence-electron chi connectivity index (χ0n) is 12.2. The highest BCUT2D eigenvalue weighted by molar-refractivity contribution is 5.77. The molecule has 1 aromatic carbocycles. The van der Waals surface area contributed by atoms with Crippen molar-refractivity contribution in [2.75, 3.05) is 6.54 Å². The minimum atomic E-state index is -0.912. The molecule has 0 saturated heterocycles. The fourth-order valence-corrected chi connectivity index (χ4v) is 2.84. The van der Waals surface area contributed by atoms with Crippen LogP contribution < -0.4 is 0 Å². The highest BCUT2D eigenvalue weighted by Gasteiger charge is 2.34. The maximum Gasteiger partial charge on any atom is 0.225 e. The van der Waals surface area contributed by atoms with E-state index in [0.29, 0.717) is 24.9 Å². The molecule has 1 aliphatic carbocycles. The predicted octanol–water partition coefficient (Wildman–Crippen LogP) is 3.01. The molecule has 1 fully saturated rings. The van der Waals surface area contributed by atoms with Crippen LogP contribution in [-0.4, -0.2) is 28.1 Å².